The molecule has 1 amide bonds. The van der Waals surface area contributed by atoms with Gasteiger partial charge in [-0.3, -0.25) is 4.79 Å². The van der Waals surface area contributed by atoms with Crippen molar-refractivity contribution >= 4 is 5.91 Å². The van der Waals surface area contributed by atoms with E-state index in [0.29, 0.717) is 12.1 Å². The predicted molar refractivity (Wildman–Crippen MR) is 89.3 cm³/mol. The van der Waals surface area contributed by atoms with Crippen molar-refractivity contribution in [3.63, 3.8) is 0 Å². The van der Waals surface area contributed by atoms with E-state index in [0.717, 1.165) is 44.2 Å². The second-order valence-corrected chi connectivity index (χ2v) is 7.51. The van der Waals surface area contributed by atoms with Crippen molar-refractivity contribution in [2.45, 2.75) is 56.3 Å². The largest absolute Gasteiger partial charge is 0.416 e. The zero-order chi connectivity index (χ0) is 18.9. The van der Waals surface area contributed by atoms with Crippen molar-refractivity contribution in [1.82, 2.24) is 4.90 Å². The molecule has 144 valence electrons. The third-order valence-electron chi connectivity index (χ3n) is 5.90. The Labute approximate surface area is 150 Å². The van der Waals surface area contributed by atoms with E-state index in [4.69, 9.17) is 0 Å². The van der Waals surface area contributed by atoms with Gasteiger partial charge in [-0.25, -0.2) is 0 Å². The summed E-state index contributed by atoms with van der Waals surface area (Å²) in [7, 11) is 0. The van der Waals surface area contributed by atoms with Crippen molar-refractivity contribution < 1.29 is 28.2 Å². The molecule has 2 N–H and O–H groups in total. The number of carbonyl (C=O) groups is 1. The summed E-state index contributed by atoms with van der Waals surface area (Å²) in [6.07, 6.45) is -1.72. The average molecular weight is 371 g/mol. The highest BCUT2D eigenvalue weighted by molar-refractivity contribution is 5.82. The van der Waals surface area contributed by atoms with E-state index >= 15 is 0 Å². The van der Waals surface area contributed by atoms with Gasteiger partial charge in [-0.2, -0.15) is 13.2 Å². The number of alkyl halides is 3. The van der Waals surface area contributed by atoms with Gasteiger partial charge in [-0.15, -0.1) is 0 Å². The number of benzene rings is 1. The average Bonchev–Trinajstić information content (AvgIpc) is 2.60. The fraction of sp³-hybridized carbons (Fsp3) is 0.632. The van der Waals surface area contributed by atoms with Crippen LogP contribution in [0.5, 0.6) is 0 Å². The van der Waals surface area contributed by atoms with E-state index in [1.54, 1.807) is 4.90 Å². The van der Waals surface area contributed by atoms with Crippen LogP contribution in [0.1, 0.15) is 43.2 Å². The summed E-state index contributed by atoms with van der Waals surface area (Å²) in [5, 5.41) is 19.6. The maximum Gasteiger partial charge on any atom is 0.416 e. The van der Waals surface area contributed by atoms with Gasteiger partial charge in [0.25, 0.3) is 5.91 Å². The summed E-state index contributed by atoms with van der Waals surface area (Å²) in [5.41, 5.74) is -0.728. The van der Waals surface area contributed by atoms with Gasteiger partial charge >= 0.3 is 6.18 Å². The monoisotopic (exact) mass is 371 g/mol. The lowest BCUT2D eigenvalue weighted by atomic mass is 9.69. The zero-order valence-corrected chi connectivity index (χ0v) is 14.5. The molecule has 1 atom stereocenters. The summed E-state index contributed by atoms with van der Waals surface area (Å²) in [5.74, 6) is -0.135. The van der Waals surface area contributed by atoms with E-state index in [2.05, 4.69) is 0 Å². The van der Waals surface area contributed by atoms with Crippen molar-refractivity contribution in [3.05, 3.63) is 35.4 Å². The predicted octanol–water partition coefficient (Wildman–Crippen LogP) is 2.76. The molecule has 2 aliphatic rings. The molecule has 1 aromatic carbocycles. The number of likely N-dealkylation sites (tertiary alicyclic amines) is 1. The highest BCUT2D eigenvalue weighted by Crippen LogP contribution is 2.45. The Morgan fingerprint density at radius 1 is 1.27 bits per heavy atom. The molecule has 1 aliphatic carbocycles. The number of halogens is 3. The number of amides is 1. The number of aliphatic hydroxyl groups excluding tert-OH is 2. The maximum atomic E-state index is 12.8. The number of rotatable bonds is 4. The molecule has 2 fully saturated rings. The molecule has 0 radical (unpaired) electrons. The second kappa shape index (κ2) is 7.19. The number of aliphatic hydroxyl groups is 2. The molecule has 4 nitrogen and oxygen atoms in total. The van der Waals surface area contributed by atoms with Crippen LogP contribution in [0.3, 0.4) is 0 Å². The van der Waals surface area contributed by atoms with Crippen molar-refractivity contribution in [2.24, 2.45) is 5.92 Å². The lowest BCUT2D eigenvalue weighted by molar-refractivity contribution is -0.161. The van der Waals surface area contributed by atoms with Crippen molar-refractivity contribution in [3.8, 4) is 0 Å². The van der Waals surface area contributed by atoms with E-state index in [1.165, 1.54) is 12.1 Å². The van der Waals surface area contributed by atoms with E-state index < -0.39 is 23.8 Å². The molecule has 26 heavy (non-hydrogen) atoms. The Morgan fingerprint density at radius 2 is 1.96 bits per heavy atom. The molecule has 1 unspecified atom stereocenters. The molecule has 3 rings (SSSR count). The van der Waals surface area contributed by atoms with Crippen LogP contribution in [0.25, 0.3) is 0 Å². The molecule has 1 saturated heterocycles. The minimum atomic E-state index is -4.45. The molecule has 7 heteroatoms. The molecule has 0 aromatic heterocycles. The van der Waals surface area contributed by atoms with Gasteiger partial charge in [0, 0.05) is 25.1 Å². The van der Waals surface area contributed by atoms with Crippen molar-refractivity contribution in [2.75, 3.05) is 13.2 Å². The normalized spacial score (nSPS) is 27.3. The topological polar surface area (TPSA) is 60.8 Å². The number of hydrogen-bond donors (Lipinski definition) is 2. The van der Waals surface area contributed by atoms with Crippen LogP contribution in [0.15, 0.2) is 24.3 Å². The van der Waals surface area contributed by atoms with Gasteiger partial charge in [0.1, 0.15) is 6.10 Å². The quantitative estimate of drug-likeness (QED) is 0.856. The Hall–Kier alpha value is -1.60. The lowest BCUT2D eigenvalue weighted by Crippen LogP contribution is -2.65. The Morgan fingerprint density at radius 3 is 2.50 bits per heavy atom. The summed E-state index contributed by atoms with van der Waals surface area (Å²) < 4.78 is 38.4. The van der Waals surface area contributed by atoms with Crippen LogP contribution in [0, 0.1) is 5.92 Å². The molecular formula is C19H24F3NO3. The zero-order valence-electron chi connectivity index (χ0n) is 14.5. The van der Waals surface area contributed by atoms with E-state index in [1.807, 2.05) is 0 Å². The molecule has 1 saturated carbocycles. The first-order valence-electron chi connectivity index (χ1n) is 9.02. The molecule has 1 aliphatic heterocycles. The number of nitrogens with zero attached hydrogens (tertiary/aromatic N) is 1. The maximum absolute atomic E-state index is 12.8. The fourth-order valence-electron chi connectivity index (χ4n) is 4.17. The van der Waals surface area contributed by atoms with Crippen LogP contribution in [0.2, 0.25) is 0 Å². The smallest absolute Gasteiger partial charge is 0.396 e. The minimum absolute atomic E-state index is 0.130. The van der Waals surface area contributed by atoms with Gasteiger partial charge in [0.05, 0.1) is 5.56 Å². The van der Waals surface area contributed by atoms with Gasteiger partial charge in [-0.1, -0.05) is 18.2 Å². The lowest BCUT2D eigenvalue weighted by Gasteiger charge is -2.56. The molecule has 0 bridgehead atoms. The Kier molecular flexibility index (Phi) is 5.30. The molecule has 1 heterocycles. The minimum Gasteiger partial charge on any atom is -0.396 e. The van der Waals surface area contributed by atoms with Gasteiger partial charge in [0.15, 0.2) is 0 Å². The first kappa shape index (κ1) is 19.2. The van der Waals surface area contributed by atoms with Crippen molar-refractivity contribution in [1.29, 1.82) is 0 Å². The Balaban J connectivity index is 1.64. The third kappa shape index (κ3) is 3.74. The standard InChI is InChI=1S/C19H24F3NO3/c20-19(21,22)15-3-1-2-14(10-15)11-16(25)17(26)23-9-8-18(23)6-4-13(12-24)5-7-18/h1-3,10,13,16,24-25H,4-9,11-12H2. The van der Waals surface area contributed by atoms with Crippen LogP contribution in [-0.2, 0) is 17.4 Å². The van der Waals surface area contributed by atoms with Crippen LogP contribution >= 0.6 is 0 Å². The van der Waals surface area contributed by atoms with E-state index in [9.17, 15) is 28.2 Å². The molecular weight excluding hydrogens is 347 g/mol. The summed E-state index contributed by atoms with van der Waals surface area (Å²) >= 11 is 0. The van der Waals surface area contributed by atoms with Gasteiger partial charge < -0.3 is 15.1 Å². The fourth-order valence-corrected chi connectivity index (χ4v) is 4.17. The summed E-state index contributed by atoms with van der Waals surface area (Å²) in [6, 6.07) is 4.73. The SMILES string of the molecule is O=C(C(O)Cc1cccc(C(F)(F)F)c1)N1CCC12CCC(CO)CC2. The number of carbonyl (C=O) groups excluding carboxylic acids is 1. The Bertz CT molecular complexity index is 654. The van der Waals surface area contributed by atoms with Crippen LogP contribution in [-0.4, -0.2) is 45.8 Å². The second-order valence-electron chi connectivity index (χ2n) is 7.51. The summed E-state index contributed by atoms with van der Waals surface area (Å²) in [6.45, 7) is 0.727. The number of hydrogen-bond acceptors (Lipinski definition) is 3. The molecule has 1 aromatic rings. The van der Waals surface area contributed by atoms with Gasteiger partial charge in [0.2, 0.25) is 0 Å². The van der Waals surface area contributed by atoms with Crippen LogP contribution < -0.4 is 0 Å². The highest BCUT2D eigenvalue weighted by Gasteiger charge is 2.49. The highest BCUT2D eigenvalue weighted by atomic mass is 19.4. The first-order chi connectivity index (χ1) is 12.2. The first-order valence-corrected chi connectivity index (χ1v) is 9.02. The van der Waals surface area contributed by atoms with Gasteiger partial charge in [-0.05, 0) is 49.7 Å². The molecule has 1 spiro atoms. The van der Waals surface area contributed by atoms with Crippen LogP contribution in [0.4, 0.5) is 13.2 Å². The summed E-state index contributed by atoms with van der Waals surface area (Å²) in [4.78, 5) is 14.3. The van der Waals surface area contributed by atoms with E-state index in [-0.39, 0.29) is 24.5 Å². The third-order valence-corrected chi connectivity index (χ3v) is 5.90.